The Hall–Kier alpha value is 2.30. The van der Waals surface area contributed by atoms with Crippen LogP contribution in [0.15, 0.2) is 0 Å². The van der Waals surface area contributed by atoms with Gasteiger partial charge in [0.25, 0.3) is 0 Å². The molecule has 0 aromatic rings. The molecule has 0 aliphatic carbocycles. The molecule has 0 saturated heterocycles. The Bertz CT molecular complexity index is 247. The summed E-state index contributed by atoms with van der Waals surface area (Å²) < 4.78 is 56.3. The minimum absolute atomic E-state index is 0. The molecule has 0 heterocycles. The molecule has 11 heteroatoms. The molecule has 0 bridgehead atoms. The summed E-state index contributed by atoms with van der Waals surface area (Å²) in [6, 6.07) is 0. The predicted molar refractivity (Wildman–Crippen MR) is 9.38 cm³/mol. The normalized spacial score (nSPS) is 11.1. The van der Waals surface area contributed by atoms with Crippen LogP contribution in [-0.4, -0.2) is 8.32 Å². The molecule has 1 radical (unpaired) electrons. The van der Waals surface area contributed by atoms with Crippen LogP contribution < -0.4 is 51.4 Å². The zero-order chi connectivity index (χ0) is 7.71. The average molecular weight is 322 g/mol. The van der Waals surface area contributed by atoms with E-state index in [9.17, 15) is 15.2 Å². The minimum atomic E-state index is -5.76. The van der Waals surface area contributed by atoms with Crippen LogP contribution in [-0.2, 0) is 62.3 Å². The topological polar surface area (TPSA) is 118 Å². The monoisotopic (exact) mass is 321 g/mol. The van der Waals surface area contributed by atoms with E-state index in [1.165, 1.54) is 0 Å². The first-order valence-corrected chi connectivity index (χ1v) is 5.63. The standard InChI is InChI=1S/2Cr.Cu.K.2H2O.5O.H/h;;;;2*1H2;;;;;;/q2*+1;;+1;;;;;;;;-1/p-2. The molecule has 0 aromatic carbocycles. The molecule has 0 aliphatic rings. The van der Waals surface area contributed by atoms with E-state index in [-0.39, 0.29) is 69.9 Å². The first kappa shape index (κ1) is 19.0. The van der Waals surface area contributed by atoms with Gasteiger partial charge in [-0.25, -0.2) is 0 Å². The second kappa shape index (κ2) is 6.71. The maximum absolute atomic E-state index is 9.53. The molecule has 0 rings (SSSR count). The summed E-state index contributed by atoms with van der Waals surface area (Å²) in [5.74, 6) is 0. The van der Waals surface area contributed by atoms with Crippen LogP contribution in [0.2, 0.25) is 0 Å². The van der Waals surface area contributed by atoms with Crippen molar-refractivity contribution in [1.82, 2.24) is 0 Å². The van der Waals surface area contributed by atoms with Crippen molar-refractivity contribution < 1.29 is 123 Å². The molecule has 0 spiro atoms. The van der Waals surface area contributed by atoms with Crippen molar-refractivity contribution in [2.75, 3.05) is 0 Å². The van der Waals surface area contributed by atoms with Crippen molar-refractivity contribution in [2.24, 2.45) is 0 Å². The quantitative estimate of drug-likeness (QED) is 0.492. The molecule has 0 amide bonds. The van der Waals surface area contributed by atoms with Crippen molar-refractivity contribution in [3.05, 3.63) is 0 Å². The molecule has 7 nitrogen and oxygen atoms in total. The Morgan fingerprint density at radius 1 is 1.00 bits per heavy atom. The third-order valence-corrected chi connectivity index (χ3v) is 2.92. The van der Waals surface area contributed by atoms with E-state index >= 15 is 0 Å². The van der Waals surface area contributed by atoms with Crippen molar-refractivity contribution in [1.29, 1.82) is 0 Å². The zero-order valence-electron chi connectivity index (χ0n) is 6.05. The maximum atomic E-state index is 9.53. The van der Waals surface area contributed by atoms with E-state index in [1.54, 1.807) is 0 Å². The molecule has 2 N–H and O–H groups in total. The average Bonchev–Trinajstić information content (AvgIpc) is 1.14. The Kier molecular flexibility index (Phi) is 11.6. The summed E-state index contributed by atoms with van der Waals surface area (Å²) in [4.78, 5) is 0. The molecule has 69 valence electrons. The van der Waals surface area contributed by atoms with Gasteiger partial charge in [0.1, 0.15) is 0 Å². The van der Waals surface area contributed by atoms with E-state index in [2.05, 4.69) is 2.84 Å². The molecular weight excluding hydrogens is 319 g/mol. The van der Waals surface area contributed by atoms with Crippen LogP contribution >= 0.6 is 0 Å². The summed E-state index contributed by atoms with van der Waals surface area (Å²) in [7, 11) is 0. The fourth-order valence-electron chi connectivity index (χ4n) is 0.109. The van der Waals surface area contributed by atoms with Gasteiger partial charge in [-0.15, -0.1) is 0 Å². The van der Waals surface area contributed by atoms with Gasteiger partial charge in [-0.2, -0.15) is 0 Å². The van der Waals surface area contributed by atoms with E-state index in [0.717, 1.165) is 0 Å². The van der Waals surface area contributed by atoms with Crippen LogP contribution in [0, 0.1) is 0 Å². The van der Waals surface area contributed by atoms with Crippen LogP contribution in [0.1, 0.15) is 1.43 Å². The first-order chi connectivity index (χ1) is 3.71. The van der Waals surface area contributed by atoms with Crippen molar-refractivity contribution in [2.45, 2.75) is 0 Å². The van der Waals surface area contributed by atoms with Gasteiger partial charge < -0.3 is 1.43 Å². The first-order valence-electron chi connectivity index (χ1n) is 1.37. The predicted octanol–water partition coefficient (Wildman–Crippen LogP) is -4.55. The molecular formula is H3Cr2CuKO7. The van der Waals surface area contributed by atoms with Crippen LogP contribution in [0.4, 0.5) is 0 Å². The Labute approximate surface area is 121 Å². The van der Waals surface area contributed by atoms with E-state index in [4.69, 9.17) is 8.32 Å². The number of hydrogen-bond acceptors (Lipinski definition) is 5. The fourth-order valence-corrected chi connectivity index (χ4v) is 1.85. The second-order valence-corrected chi connectivity index (χ2v) is 4.68. The summed E-state index contributed by atoms with van der Waals surface area (Å²) >= 11 is -11.5. The molecule has 0 fully saturated rings. The number of hydrogen-bond donors (Lipinski definition) is 2. The summed E-state index contributed by atoms with van der Waals surface area (Å²) in [5, 5.41) is 0. The van der Waals surface area contributed by atoms with Gasteiger partial charge in [-0.3, -0.25) is 0 Å². The summed E-state index contributed by atoms with van der Waals surface area (Å²) in [5.41, 5.74) is 0. The SMILES string of the molecule is [Cu].[H-].[K+].[O]=[Cr](=[O])([OH])[O][Cr](=[O])(=[O])[OH]. The summed E-state index contributed by atoms with van der Waals surface area (Å²) in [6.45, 7) is 0. The van der Waals surface area contributed by atoms with Crippen LogP contribution in [0.25, 0.3) is 0 Å². The molecule has 0 aliphatic heterocycles. The molecule has 11 heavy (non-hydrogen) atoms. The van der Waals surface area contributed by atoms with E-state index < -0.39 is 27.2 Å². The van der Waals surface area contributed by atoms with E-state index in [1.807, 2.05) is 0 Å². The Morgan fingerprint density at radius 3 is 1.18 bits per heavy atom. The Balaban J connectivity index is -0.000000107. The molecule has 0 saturated carbocycles. The van der Waals surface area contributed by atoms with E-state index in [0.29, 0.717) is 0 Å². The van der Waals surface area contributed by atoms with Gasteiger partial charge in [0.2, 0.25) is 0 Å². The molecule has 0 aromatic heterocycles. The van der Waals surface area contributed by atoms with Gasteiger partial charge in [0, 0.05) is 17.1 Å². The third kappa shape index (κ3) is 18.9. The van der Waals surface area contributed by atoms with Crippen LogP contribution in [0.5, 0.6) is 0 Å². The van der Waals surface area contributed by atoms with Gasteiger partial charge in [0.15, 0.2) is 0 Å². The van der Waals surface area contributed by atoms with Crippen LogP contribution in [0.3, 0.4) is 0 Å². The van der Waals surface area contributed by atoms with Gasteiger partial charge >= 0.3 is 105 Å². The fraction of sp³-hybridized carbons (Fsp3) is 0. The van der Waals surface area contributed by atoms with Gasteiger partial charge in [-0.1, -0.05) is 0 Å². The second-order valence-electron chi connectivity index (χ2n) is 0.924. The third-order valence-electron chi connectivity index (χ3n) is 0.172. The summed E-state index contributed by atoms with van der Waals surface area (Å²) in [6.07, 6.45) is 0. The van der Waals surface area contributed by atoms with Crippen molar-refractivity contribution in [3.63, 3.8) is 0 Å². The van der Waals surface area contributed by atoms with Crippen molar-refractivity contribution >= 4 is 0 Å². The number of rotatable bonds is 2. The molecule has 0 atom stereocenters. The molecule has 0 unspecified atom stereocenters. The van der Waals surface area contributed by atoms with Gasteiger partial charge in [-0.05, 0) is 0 Å². The zero-order valence-corrected chi connectivity index (χ0v) is 11.7. The van der Waals surface area contributed by atoms with Crippen molar-refractivity contribution in [3.8, 4) is 0 Å². The van der Waals surface area contributed by atoms with Gasteiger partial charge in [0.05, 0.1) is 0 Å². The Morgan fingerprint density at radius 2 is 1.18 bits per heavy atom.